The smallest absolute Gasteiger partial charge is 0.311 e. The van der Waals surface area contributed by atoms with E-state index in [1.807, 2.05) is 0 Å². The molecule has 0 spiro atoms. The summed E-state index contributed by atoms with van der Waals surface area (Å²) in [6, 6.07) is 0.797. The lowest BCUT2D eigenvalue weighted by Crippen LogP contribution is -2.42. The molecule has 0 radical (unpaired) electrons. The molecule has 2 fully saturated rings. The molecule has 124 valence electrons. The molecular weight excluding hydrogens is 277 g/mol. The van der Waals surface area contributed by atoms with Crippen LogP contribution in [-0.4, -0.2) is 42.8 Å². The third-order valence-corrected chi connectivity index (χ3v) is 5.02. The van der Waals surface area contributed by atoms with Crippen molar-refractivity contribution in [1.29, 1.82) is 0 Å². The van der Waals surface area contributed by atoms with E-state index in [0.717, 1.165) is 13.0 Å². The van der Waals surface area contributed by atoms with Crippen molar-refractivity contribution in [1.82, 2.24) is 10.2 Å². The monoisotopic (exact) mass is 306 g/mol. The quantitative estimate of drug-likeness (QED) is 0.845. The molecule has 0 amide bonds. The number of likely N-dealkylation sites (tertiary alicyclic amines) is 1. The molecule has 5 heteroatoms. The molecule has 1 saturated carbocycles. The zero-order valence-corrected chi connectivity index (χ0v) is 13.1. The lowest BCUT2D eigenvalue weighted by atomic mass is 9.85. The second kappa shape index (κ2) is 7.82. The Bertz CT molecular complexity index is 298. The average Bonchev–Trinajstić information content (AvgIpc) is 2.65. The molecule has 0 aromatic carbocycles. The summed E-state index contributed by atoms with van der Waals surface area (Å²) in [6.07, 6.45) is 2.67. The molecule has 1 heterocycles. The molecule has 1 N–H and O–H groups in total. The molecule has 1 atom stereocenters. The van der Waals surface area contributed by atoms with Gasteiger partial charge in [-0.3, -0.25) is 0 Å². The first-order valence-corrected chi connectivity index (χ1v) is 8.54. The third-order valence-electron chi connectivity index (χ3n) is 5.02. The highest BCUT2D eigenvalue weighted by molar-refractivity contribution is 4.84. The van der Waals surface area contributed by atoms with Gasteiger partial charge in [0.15, 0.2) is 0 Å². The highest BCUT2D eigenvalue weighted by atomic mass is 19.4. The number of nitrogens with zero attached hydrogens (tertiary/aromatic N) is 1. The van der Waals surface area contributed by atoms with E-state index in [1.165, 1.54) is 32.4 Å². The number of hydrogen-bond acceptors (Lipinski definition) is 2. The van der Waals surface area contributed by atoms with Crippen LogP contribution in [0.3, 0.4) is 0 Å². The summed E-state index contributed by atoms with van der Waals surface area (Å²) >= 11 is 0. The Morgan fingerprint density at radius 2 is 1.62 bits per heavy atom. The fraction of sp³-hybridized carbons (Fsp3) is 1.00. The highest BCUT2D eigenvalue weighted by Gasteiger charge is 2.41. The van der Waals surface area contributed by atoms with E-state index in [0.29, 0.717) is 37.8 Å². The van der Waals surface area contributed by atoms with Crippen molar-refractivity contribution in [3.8, 4) is 0 Å². The van der Waals surface area contributed by atoms with Gasteiger partial charge in [-0.1, -0.05) is 6.92 Å². The summed E-state index contributed by atoms with van der Waals surface area (Å²) in [5.41, 5.74) is 0. The minimum Gasteiger partial charge on any atom is -0.311 e. The van der Waals surface area contributed by atoms with Gasteiger partial charge in [-0.25, -0.2) is 0 Å². The maximum absolute atomic E-state index is 12.7. The predicted octanol–water partition coefficient (Wildman–Crippen LogP) is 3.96. The fourth-order valence-corrected chi connectivity index (χ4v) is 3.78. The van der Waals surface area contributed by atoms with Gasteiger partial charge in [0.05, 0.1) is 5.92 Å². The van der Waals surface area contributed by atoms with Crippen molar-refractivity contribution < 1.29 is 13.2 Å². The number of hydrogen-bond donors (Lipinski definition) is 1. The van der Waals surface area contributed by atoms with Gasteiger partial charge in [-0.05, 0) is 71.0 Å². The summed E-state index contributed by atoms with van der Waals surface area (Å²) in [6.45, 7) is 5.68. The maximum atomic E-state index is 12.7. The SMILES string of the molecule is CCCN1CCCC(NC2CCC(C(F)(F)F)CC2)CC1. The normalized spacial score (nSPS) is 32.9. The second-order valence-electron chi connectivity index (χ2n) is 6.73. The van der Waals surface area contributed by atoms with Gasteiger partial charge in [-0.2, -0.15) is 13.2 Å². The molecule has 2 aliphatic rings. The number of nitrogens with one attached hydrogen (secondary N) is 1. The predicted molar refractivity (Wildman–Crippen MR) is 79.3 cm³/mol. The molecule has 1 unspecified atom stereocenters. The lowest BCUT2D eigenvalue weighted by Gasteiger charge is -2.32. The Balaban J connectivity index is 1.71. The van der Waals surface area contributed by atoms with E-state index < -0.39 is 12.1 Å². The number of alkyl halides is 3. The van der Waals surface area contributed by atoms with E-state index >= 15 is 0 Å². The fourth-order valence-electron chi connectivity index (χ4n) is 3.78. The molecule has 2 rings (SSSR count). The highest BCUT2D eigenvalue weighted by Crippen LogP contribution is 2.37. The van der Waals surface area contributed by atoms with Crippen LogP contribution in [0.4, 0.5) is 13.2 Å². The van der Waals surface area contributed by atoms with Crippen molar-refractivity contribution in [3.63, 3.8) is 0 Å². The van der Waals surface area contributed by atoms with Crippen LogP contribution in [0.25, 0.3) is 0 Å². The van der Waals surface area contributed by atoms with E-state index in [9.17, 15) is 13.2 Å². The van der Waals surface area contributed by atoms with Crippen LogP contribution in [0.2, 0.25) is 0 Å². The Morgan fingerprint density at radius 3 is 2.24 bits per heavy atom. The van der Waals surface area contributed by atoms with Crippen molar-refractivity contribution in [2.75, 3.05) is 19.6 Å². The summed E-state index contributed by atoms with van der Waals surface area (Å²) in [7, 11) is 0. The Morgan fingerprint density at radius 1 is 0.952 bits per heavy atom. The van der Waals surface area contributed by atoms with Crippen LogP contribution in [0.15, 0.2) is 0 Å². The maximum Gasteiger partial charge on any atom is 0.391 e. The van der Waals surface area contributed by atoms with Gasteiger partial charge in [0.1, 0.15) is 0 Å². The van der Waals surface area contributed by atoms with Crippen LogP contribution in [0.5, 0.6) is 0 Å². The summed E-state index contributed by atoms with van der Waals surface area (Å²) in [5.74, 6) is -1.07. The first-order chi connectivity index (χ1) is 9.99. The summed E-state index contributed by atoms with van der Waals surface area (Å²) < 4.78 is 38.0. The molecular formula is C16H29F3N2. The minimum atomic E-state index is -3.99. The molecule has 1 saturated heterocycles. The van der Waals surface area contributed by atoms with Gasteiger partial charge in [0.2, 0.25) is 0 Å². The van der Waals surface area contributed by atoms with Crippen molar-refractivity contribution in [3.05, 3.63) is 0 Å². The zero-order valence-electron chi connectivity index (χ0n) is 13.1. The van der Waals surface area contributed by atoms with Crippen LogP contribution in [-0.2, 0) is 0 Å². The lowest BCUT2D eigenvalue weighted by molar-refractivity contribution is -0.182. The molecule has 0 bridgehead atoms. The van der Waals surface area contributed by atoms with E-state index in [4.69, 9.17) is 0 Å². The van der Waals surface area contributed by atoms with Crippen LogP contribution in [0.1, 0.15) is 58.3 Å². The Kier molecular flexibility index (Phi) is 6.35. The van der Waals surface area contributed by atoms with E-state index in [1.54, 1.807) is 0 Å². The first-order valence-electron chi connectivity index (χ1n) is 8.54. The third kappa shape index (κ3) is 5.44. The van der Waals surface area contributed by atoms with E-state index in [2.05, 4.69) is 17.1 Å². The standard InChI is InChI=1S/C16H29F3N2/c1-2-10-21-11-3-4-14(9-12-21)20-15-7-5-13(6-8-15)16(17,18)19/h13-15,20H,2-12H2,1H3. The van der Waals surface area contributed by atoms with Gasteiger partial charge < -0.3 is 10.2 Å². The topological polar surface area (TPSA) is 15.3 Å². The van der Waals surface area contributed by atoms with Crippen LogP contribution >= 0.6 is 0 Å². The molecule has 2 nitrogen and oxygen atoms in total. The van der Waals surface area contributed by atoms with Crippen LogP contribution < -0.4 is 5.32 Å². The van der Waals surface area contributed by atoms with Gasteiger partial charge in [0, 0.05) is 12.1 Å². The van der Waals surface area contributed by atoms with Gasteiger partial charge in [-0.15, -0.1) is 0 Å². The number of rotatable bonds is 4. The van der Waals surface area contributed by atoms with Crippen molar-refractivity contribution in [2.45, 2.75) is 76.6 Å². The van der Waals surface area contributed by atoms with Gasteiger partial charge in [0.25, 0.3) is 0 Å². The molecule has 0 aromatic heterocycles. The molecule has 21 heavy (non-hydrogen) atoms. The molecule has 1 aliphatic carbocycles. The summed E-state index contributed by atoms with van der Waals surface area (Å²) in [5, 5.41) is 3.64. The average molecular weight is 306 g/mol. The number of halogens is 3. The van der Waals surface area contributed by atoms with E-state index in [-0.39, 0.29) is 0 Å². The Hall–Kier alpha value is -0.290. The van der Waals surface area contributed by atoms with Crippen molar-refractivity contribution >= 4 is 0 Å². The van der Waals surface area contributed by atoms with Crippen LogP contribution in [0, 0.1) is 5.92 Å². The summed E-state index contributed by atoms with van der Waals surface area (Å²) in [4.78, 5) is 2.52. The molecule has 0 aromatic rings. The van der Waals surface area contributed by atoms with Gasteiger partial charge >= 0.3 is 6.18 Å². The zero-order chi connectivity index (χ0) is 15.3. The Labute approximate surface area is 126 Å². The largest absolute Gasteiger partial charge is 0.391 e. The van der Waals surface area contributed by atoms with Crippen molar-refractivity contribution in [2.24, 2.45) is 5.92 Å². The first kappa shape index (κ1) is 17.1. The second-order valence-corrected chi connectivity index (χ2v) is 6.73. The minimum absolute atomic E-state index is 0.298. The molecule has 1 aliphatic heterocycles.